The van der Waals surface area contributed by atoms with Crippen LogP contribution in [0.5, 0.6) is 0 Å². The second-order valence-corrected chi connectivity index (χ2v) is 5.74. The van der Waals surface area contributed by atoms with Crippen LogP contribution in [0, 0.1) is 11.3 Å². The molecule has 0 fully saturated rings. The molecule has 0 bridgehead atoms. The Morgan fingerprint density at radius 3 is 2.84 bits per heavy atom. The largest absolute Gasteiger partial charge is 0.302 e. The van der Waals surface area contributed by atoms with E-state index >= 15 is 0 Å². The highest BCUT2D eigenvalue weighted by molar-refractivity contribution is 6.83. The van der Waals surface area contributed by atoms with Crippen LogP contribution in [0.1, 0.15) is 59.3 Å². The fourth-order valence-electron chi connectivity index (χ4n) is 2.26. The lowest BCUT2D eigenvalue weighted by atomic mass is 9.89. The molecule has 0 aromatic rings. The Morgan fingerprint density at radius 1 is 1.42 bits per heavy atom. The van der Waals surface area contributed by atoms with Crippen molar-refractivity contribution in [2.24, 2.45) is 10.9 Å². The maximum atomic E-state index is 7.96. The SMILES string of the molecule is CCC(C)=C(C)CCC1CCC=CN=C(Cl)C(=N)C1. The van der Waals surface area contributed by atoms with E-state index in [1.54, 1.807) is 6.20 Å². The van der Waals surface area contributed by atoms with Crippen LogP contribution in [-0.2, 0) is 0 Å². The highest BCUT2D eigenvalue weighted by atomic mass is 35.5. The first-order valence-electron chi connectivity index (χ1n) is 7.15. The van der Waals surface area contributed by atoms with Gasteiger partial charge >= 0.3 is 0 Å². The molecule has 0 aromatic heterocycles. The molecule has 1 atom stereocenters. The maximum Gasteiger partial charge on any atom is 0.149 e. The summed E-state index contributed by atoms with van der Waals surface area (Å²) < 4.78 is 0. The van der Waals surface area contributed by atoms with Crippen molar-refractivity contribution in [1.29, 1.82) is 5.41 Å². The summed E-state index contributed by atoms with van der Waals surface area (Å²) in [5.41, 5.74) is 3.48. The van der Waals surface area contributed by atoms with Gasteiger partial charge in [0, 0.05) is 6.20 Å². The van der Waals surface area contributed by atoms with E-state index in [1.165, 1.54) is 11.1 Å². The summed E-state index contributed by atoms with van der Waals surface area (Å²) in [6, 6.07) is 0. The fourth-order valence-corrected chi connectivity index (χ4v) is 2.39. The number of nitrogens with zero attached hydrogens (tertiary/aromatic N) is 1. The van der Waals surface area contributed by atoms with Crippen LogP contribution in [0.25, 0.3) is 0 Å². The fraction of sp³-hybridized carbons (Fsp3) is 0.625. The van der Waals surface area contributed by atoms with Crippen LogP contribution in [0.4, 0.5) is 0 Å². The summed E-state index contributed by atoms with van der Waals surface area (Å²) in [7, 11) is 0. The van der Waals surface area contributed by atoms with Crippen LogP contribution in [-0.4, -0.2) is 10.9 Å². The normalized spacial score (nSPS) is 22.2. The molecule has 0 spiro atoms. The van der Waals surface area contributed by atoms with Crippen LogP contribution >= 0.6 is 11.6 Å². The molecule has 19 heavy (non-hydrogen) atoms. The van der Waals surface area contributed by atoms with Gasteiger partial charge in [-0.05, 0) is 58.3 Å². The van der Waals surface area contributed by atoms with Gasteiger partial charge in [-0.3, -0.25) is 0 Å². The second-order valence-electron chi connectivity index (χ2n) is 5.38. The van der Waals surface area contributed by atoms with Gasteiger partial charge < -0.3 is 5.41 Å². The van der Waals surface area contributed by atoms with E-state index < -0.39 is 0 Å². The van der Waals surface area contributed by atoms with E-state index in [9.17, 15) is 0 Å². The number of allylic oxidation sites excluding steroid dienone is 3. The average molecular weight is 281 g/mol. The van der Waals surface area contributed by atoms with Gasteiger partial charge in [-0.2, -0.15) is 0 Å². The highest BCUT2D eigenvalue weighted by Crippen LogP contribution is 2.24. The molecule has 1 rings (SSSR count). The van der Waals surface area contributed by atoms with Crippen molar-refractivity contribution in [3.8, 4) is 0 Å². The molecule has 3 heteroatoms. The van der Waals surface area contributed by atoms with Gasteiger partial charge in [0.2, 0.25) is 0 Å². The third-order valence-corrected chi connectivity index (χ3v) is 4.29. The summed E-state index contributed by atoms with van der Waals surface area (Å²) >= 11 is 5.98. The van der Waals surface area contributed by atoms with E-state index in [0.717, 1.165) is 38.5 Å². The highest BCUT2D eigenvalue weighted by Gasteiger charge is 2.15. The molecule has 0 aromatic carbocycles. The number of nitrogens with one attached hydrogen (secondary N) is 1. The topological polar surface area (TPSA) is 36.2 Å². The van der Waals surface area contributed by atoms with Crippen molar-refractivity contribution >= 4 is 22.5 Å². The Labute approximate surface area is 122 Å². The molecule has 0 saturated carbocycles. The van der Waals surface area contributed by atoms with Crippen molar-refractivity contribution in [3.63, 3.8) is 0 Å². The van der Waals surface area contributed by atoms with E-state index in [4.69, 9.17) is 17.0 Å². The zero-order chi connectivity index (χ0) is 14.3. The van der Waals surface area contributed by atoms with Crippen molar-refractivity contribution in [1.82, 2.24) is 0 Å². The van der Waals surface area contributed by atoms with Crippen molar-refractivity contribution in [2.75, 3.05) is 0 Å². The molecular formula is C16H25ClN2. The molecule has 1 aliphatic rings. The number of aliphatic imine (C=N–C) groups is 1. The quantitative estimate of drug-likeness (QED) is 0.662. The average Bonchev–Trinajstić information content (AvgIpc) is 2.48. The predicted molar refractivity (Wildman–Crippen MR) is 85.4 cm³/mol. The number of rotatable bonds is 4. The minimum absolute atomic E-state index is 0.347. The summed E-state index contributed by atoms with van der Waals surface area (Å²) in [6.45, 7) is 6.65. The van der Waals surface area contributed by atoms with Gasteiger partial charge in [-0.25, -0.2) is 4.99 Å². The van der Waals surface area contributed by atoms with Gasteiger partial charge in [0.15, 0.2) is 0 Å². The minimum Gasteiger partial charge on any atom is -0.302 e. The third-order valence-electron chi connectivity index (χ3n) is 3.96. The molecule has 0 amide bonds. The van der Waals surface area contributed by atoms with E-state index in [-0.39, 0.29) is 0 Å². The predicted octanol–water partition coefficient (Wildman–Crippen LogP) is 5.48. The van der Waals surface area contributed by atoms with Crippen LogP contribution in [0.15, 0.2) is 28.4 Å². The smallest absolute Gasteiger partial charge is 0.149 e. The molecule has 0 saturated heterocycles. The van der Waals surface area contributed by atoms with Crippen molar-refractivity contribution in [3.05, 3.63) is 23.4 Å². The van der Waals surface area contributed by atoms with Gasteiger partial charge in [0.1, 0.15) is 5.17 Å². The Morgan fingerprint density at radius 2 is 2.16 bits per heavy atom. The first kappa shape index (κ1) is 16.2. The number of hydrogen-bond acceptors (Lipinski definition) is 2. The monoisotopic (exact) mass is 280 g/mol. The lowest BCUT2D eigenvalue weighted by Crippen LogP contribution is -2.13. The summed E-state index contributed by atoms with van der Waals surface area (Å²) in [5, 5.41) is 8.30. The molecule has 1 unspecified atom stereocenters. The standard InChI is InChI=1S/C16H25ClN2/c1-4-12(2)13(3)8-9-14-7-5-6-10-19-16(17)15(18)11-14/h6,10,14,18H,4-5,7-9,11H2,1-3H3. The summed E-state index contributed by atoms with van der Waals surface area (Å²) in [4.78, 5) is 4.06. The lowest BCUT2D eigenvalue weighted by molar-refractivity contribution is 0.469. The molecule has 106 valence electrons. The molecule has 0 radical (unpaired) electrons. The van der Waals surface area contributed by atoms with Gasteiger partial charge in [-0.1, -0.05) is 35.7 Å². The number of hydrogen-bond donors (Lipinski definition) is 1. The molecule has 1 N–H and O–H groups in total. The third kappa shape index (κ3) is 5.73. The maximum absolute atomic E-state index is 7.96. The number of halogens is 1. The Balaban J connectivity index is 2.60. The Bertz CT molecular complexity index is 405. The second kappa shape index (κ2) is 8.31. The zero-order valence-corrected chi connectivity index (χ0v) is 13.1. The first-order valence-corrected chi connectivity index (χ1v) is 7.53. The first-order chi connectivity index (χ1) is 9.04. The molecule has 2 nitrogen and oxygen atoms in total. The van der Waals surface area contributed by atoms with Gasteiger partial charge in [0.25, 0.3) is 0 Å². The van der Waals surface area contributed by atoms with Gasteiger partial charge in [-0.15, -0.1) is 0 Å². The zero-order valence-electron chi connectivity index (χ0n) is 12.3. The lowest BCUT2D eigenvalue weighted by Gasteiger charge is -2.16. The van der Waals surface area contributed by atoms with Crippen LogP contribution in [0.3, 0.4) is 0 Å². The van der Waals surface area contributed by atoms with Crippen LogP contribution in [0.2, 0.25) is 0 Å². The van der Waals surface area contributed by atoms with Crippen molar-refractivity contribution < 1.29 is 0 Å². The van der Waals surface area contributed by atoms with Crippen molar-refractivity contribution in [2.45, 2.75) is 59.3 Å². The van der Waals surface area contributed by atoms with Crippen LogP contribution < -0.4 is 0 Å². The summed E-state index contributed by atoms with van der Waals surface area (Å²) in [5.74, 6) is 0.541. The van der Waals surface area contributed by atoms with Gasteiger partial charge in [0.05, 0.1) is 5.71 Å². The molecular weight excluding hydrogens is 256 g/mol. The summed E-state index contributed by atoms with van der Waals surface area (Å²) in [6.07, 6.45) is 10.1. The minimum atomic E-state index is 0.347. The molecule has 1 aliphatic heterocycles. The molecule has 1 heterocycles. The van der Waals surface area contributed by atoms with E-state index in [0.29, 0.717) is 16.8 Å². The Kier molecular flexibility index (Phi) is 7.07. The van der Waals surface area contributed by atoms with E-state index in [2.05, 4.69) is 25.8 Å². The van der Waals surface area contributed by atoms with E-state index in [1.807, 2.05) is 6.08 Å². The Hall–Kier alpha value is -0.890. The molecule has 0 aliphatic carbocycles.